The highest BCUT2D eigenvalue weighted by atomic mass is 19.1. The molecule has 94 valence electrons. The quantitative estimate of drug-likeness (QED) is 0.842. The van der Waals surface area contributed by atoms with Crippen molar-refractivity contribution in [1.29, 1.82) is 0 Å². The first-order valence-electron chi connectivity index (χ1n) is 5.93. The summed E-state index contributed by atoms with van der Waals surface area (Å²) in [5, 5.41) is 3.16. The Labute approximate surface area is 103 Å². The van der Waals surface area contributed by atoms with E-state index < -0.39 is 11.6 Å². The van der Waals surface area contributed by atoms with Crippen molar-refractivity contribution in [2.75, 3.05) is 11.9 Å². The number of imidazole rings is 1. The number of halogens is 2. The van der Waals surface area contributed by atoms with Crippen LogP contribution in [-0.4, -0.2) is 16.1 Å². The highest BCUT2D eigenvalue weighted by Gasteiger charge is 2.19. The Balaban J connectivity index is 2.17. The zero-order valence-electron chi connectivity index (χ0n) is 10.0. The average Bonchev–Trinajstić information content (AvgIpc) is 2.71. The molecule has 5 heteroatoms. The summed E-state index contributed by atoms with van der Waals surface area (Å²) >= 11 is 0. The van der Waals surface area contributed by atoms with Crippen LogP contribution in [0.1, 0.15) is 12.1 Å². The molecule has 1 aliphatic heterocycles. The van der Waals surface area contributed by atoms with Crippen molar-refractivity contribution in [2.45, 2.75) is 19.9 Å². The van der Waals surface area contributed by atoms with E-state index >= 15 is 0 Å². The number of hydrogen-bond acceptors (Lipinski definition) is 2. The molecule has 1 aromatic heterocycles. The molecule has 0 radical (unpaired) electrons. The number of fused-ring (bicyclic) bond motifs is 1. The van der Waals surface area contributed by atoms with Gasteiger partial charge in [0.25, 0.3) is 0 Å². The van der Waals surface area contributed by atoms with Gasteiger partial charge in [0.1, 0.15) is 11.6 Å². The lowest BCUT2D eigenvalue weighted by Gasteiger charge is -2.16. The molecule has 0 aliphatic carbocycles. The van der Waals surface area contributed by atoms with Crippen LogP contribution in [0.4, 0.5) is 14.7 Å². The van der Waals surface area contributed by atoms with Crippen LogP contribution in [0, 0.1) is 18.6 Å². The molecule has 3 rings (SSSR count). The third kappa shape index (κ3) is 1.66. The molecule has 18 heavy (non-hydrogen) atoms. The van der Waals surface area contributed by atoms with Gasteiger partial charge in [-0.05, 0) is 31.5 Å². The van der Waals surface area contributed by atoms with Gasteiger partial charge >= 0.3 is 0 Å². The molecule has 0 unspecified atom stereocenters. The highest BCUT2D eigenvalue weighted by Crippen LogP contribution is 2.29. The van der Waals surface area contributed by atoms with Crippen LogP contribution in [0.2, 0.25) is 0 Å². The fourth-order valence-corrected chi connectivity index (χ4v) is 2.31. The van der Waals surface area contributed by atoms with Gasteiger partial charge in [-0.15, -0.1) is 0 Å². The van der Waals surface area contributed by atoms with Crippen LogP contribution in [0.15, 0.2) is 18.2 Å². The summed E-state index contributed by atoms with van der Waals surface area (Å²) < 4.78 is 29.0. The normalized spacial score (nSPS) is 14.2. The molecule has 3 nitrogen and oxygen atoms in total. The van der Waals surface area contributed by atoms with Crippen LogP contribution in [0.3, 0.4) is 0 Å². The van der Waals surface area contributed by atoms with Crippen molar-refractivity contribution in [2.24, 2.45) is 0 Å². The molecule has 0 saturated carbocycles. The maximum atomic E-state index is 13.8. The minimum Gasteiger partial charge on any atom is -0.356 e. The number of hydrogen-bond donors (Lipinski definition) is 1. The zero-order chi connectivity index (χ0) is 12.7. The van der Waals surface area contributed by atoms with E-state index in [1.807, 2.05) is 11.5 Å². The molecule has 0 fully saturated rings. The second-order valence-electron chi connectivity index (χ2n) is 4.43. The van der Waals surface area contributed by atoms with Gasteiger partial charge in [-0.25, -0.2) is 13.8 Å². The van der Waals surface area contributed by atoms with Gasteiger partial charge in [0.2, 0.25) is 5.95 Å². The van der Waals surface area contributed by atoms with E-state index in [-0.39, 0.29) is 5.56 Å². The topological polar surface area (TPSA) is 29.9 Å². The molecule has 0 amide bonds. The van der Waals surface area contributed by atoms with E-state index in [1.54, 1.807) is 0 Å². The molecule has 1 aliphatic rings. The van der Waals surface area contributed by atoms with Gasteiger partial charge in [-0.2, -0.15) is 0 Å². The SMILES string of the molecule is Cc1c(-c2cc(F)ccc2F)nc2n1CCCN2. The monoisotopic (exact) mass is 249 g/mol. The largest absolute Gasteiger partial charge is 0.356 e. The number of rotatable bonds is 1. The van der Waals surface area contributed by atoms with E-state index in [1.165, 1.54) is 6.07 Å². The summed E-state index contributed by atoms with van der Waals surface area (Å²) in [5.74, 6) is -0.169. The molecule has 1 aromatic carbocycles. The Morgan fingerprint density at radius 1 is 1.33 bits per heavy atom. The summed E-state index contributed by atoms with van der Waals surface area (Å²) in [7, 11) is 0. The van der Waals surface area contributed by atoms with Crippen LogP contribution in [-0.2, 0) is 6.54 Å². The fraction of sp³-hybridized carbons (Fsp3) is 0.308. The first-order valence-corrected chi connectivity index (χ1v) is 5.93. The molecular weight excluding hydrogens is 236 g/mol. The minimum atomic E-state index is -0.454. The second kappa shape index (κ2) is 4.08. The highest BCUT2D eigenvalue weighted by molar-refractivity contribution is 5.65. The van der Waals surface area contributed by atoms with Gasteiger partial charge in [-0.1, -0.05) is 0 Å². The predicted octanol–water partition coefficient (Wildman–Crippen LogP) is 2.95. The number of anilines is 1. The first-order chi connectivity index (χ1) is 8.66. The smallest absolute Gasteiger partial charge is 0.203 e. The summed E-state index contributed by atoms with van der Waals surface area (Å²) in [4.78, 5) is 4.37. The van der Waals surface area contributed by atoms with Crippen LogP contribution in [0.5, 0.6) is 0 Å². The molecule has 1 N–H and O–H groups in total. The van der Waals surface area contributed by atoms with E-state index in [4.69, 9.17) is 0 Å². The second-order valence-corrected chi connectivity index (χ2v) is 4.43. The van der Waals surface area contributed by atoms with Crippen LogP contribution >= 0.6 is 0 Å². The predicted molar refractivity (Wildman–Crippen MR) is 65.4 cm³/mol. The Bertz CT molecular complexity index is 605. The van der Waals surface area contributed by atoms with Gasteiger partial charge in [0, 0.05) is 24.3 Å². The maximum Gasteiger partial charge on any atom is 0.203 e. The van der Waals surface area contributed by atoms with E-state index in [9.17, 15) is 8.78 Å². The van der Waals surface area contributed by atoms with Crippen molar-refractivity contribution >= 4 is 5.95 Å². The molecule has 0 saturated heterocycles. The zero-order valence-corrected chi connectivity index (χ0v) is 10.0. The molecule has 0 spiro atoms. The van der Waals surface area contributed by atoms with E-state index in [0.717, 1.165) is 43.3 Å². The van der Waals surface area contributed by atoms with E-state index in [2.05, 4.69) is 10.3 Å². The fourth-order valence-electron chi connectivity index (χ4n) is 2.31. The lowest BCUT2D eigenvalue weighted by atomic mass is 10.1. The number of benzene rings is 1. The molecule has 0 atom stereocenters. The van der Waals surface area contributed by atoms with Crippen molar-refractivity contribution < 1.29 is 8.78 Å². The number of aromatic nitrogens is 2. The van der Waals surface area contributed by atoms with Crippen molar-refractivity contribution in [3.05, 3.63) is 35.5 Å². The summed E-state index contributed by atoms with van der Waals surface area (Å²) in [6.07, 6.45) is 1.01. The Morgan fingerprint density at radius 3 is 2.94 bits per heavy atom. The third-order valence-electron chi connectivity index (χ3n) is 3.25. The van der Waals surface area contributed by atoms with Crippen molar-refractivity contribution in [3.8, 4) is 11.3 Å². The third-order valence-corrected chi connectivity index (χ3v) is 3.25. The summed E-state index contributed by atoms with van der Waals surface area (Å²) in [5.41, 5.74) is 1.59. The van der Waals surface area contributed by atoms with Gasteiger partial charge < -0.3 is 9.88 Å². The van der Waals surface area contributed by atoms with Crippen molar-refractivity contribution in [1.82, 2.24) is 9.55 Å². The lowest BCUT2D eigenvalue weighted by molar-refractivity contribution is 0.602. The summed E-state index contributed by atoms with van der Waals surface area (Å²) in [6.45, 7) is 3.60. The molecule has 2 heterocycles. The van der Waals surface area contributed by atoms with E-state index in [0.29, 0.717) is 5.69 Å². The standard InChI is InChI=1S/C13H13F2N3/c1-8-12(10-7-9(14)3-4-11(10)15)17-13-16-5-2-6-18(8)13/h3-4,7H,2,5-6H2,1H3,(H,16,17). The minimum absolute atomic E-state index is 0.219. The Hall–Kier alpha value is -1.91. The van der Waals surface area contributed by atoms with Gasteiger partial charge in [0.15, 0.2) is 0 Å². The van der Waals surface area contributed by atoms with Gasteiger partial charge in [0.05, 0.1) is 5.69 Å². The molecular formula is C13H13F2N3. The number of nitrogens with zero attached hydrogens (tertiary/aromatic N) is 2. The van der Waals surface area contributed by atoms with Crippen molar-refractivity contribution in [3.63, 3.8) is 0 Å². The molecule has 0 bridgehead atoms. The van der Waals surface area contributed by atoms with Crippen LogP contribution < -0.4 is 5.32 Å². The first kappa shape index (κ1) is 11.2. The van der Waals surface area contributed by atoms with Gasteiger partial charge in [-0.3, -0.25) is 0 Å². The number of nitrogens with one attached hydrogen (secondary N) is 1. The lowest BCUT2D eigenvalue weighted by Crippen LogP contribution is -2.17. The average molecular weight is 249 g/mol. The Morgan fingerprint density at radius 2 is 2.17 bits per heavy atom. The summed E-state index contributed by atoms with van der Waals surface area (Å²) in [6, 6.07) is 3.44. The Kier molecular flexibility index (Phi) is 2.54. The van der Waals surface area contributed by atoms with Crippen LogP contribution in [0.25, 0.3) is 11.3 Å². The maximum absolute atomic E-state index is 13.8. The molecule has 2 aromatic rings.